The van der Waals surface area contributed by atoms with Crippen LogP contribution in [-0.2, 0) is 12.8 Å². The van der Waals surface area contributed by atoms with Gasteiger partial charge in [0.15, 0.2) is 0 Å². The normalized spacial score (nSPS) is 14.7. The third-order valence-electron chi connectivity index (χ3n) is 3.06. The summed E-state index contributed by atoms with van der Waals surface area (Å²) in [6, 6.07) is 4.62. The molecule has 15 heavy (non-hydrogen) atoms. The standard InChI is InChI=1S/C14H19N/c1-4-5-12-8-10(2)13-7-6-11(3)15-14(13)9-12/h8-9,15H,3-7H2,1-2H3. The van der Waals surface area contributed by atoms with Crippen LogP contribution in [0.25, 0.3) is 0 Å². The summed E-state index contributed by atoms with van der Waals surface area (Å²) in [5.74, 6) is 0. The van der Waals surface area contributed by atoms with Crippen LogP contribution in [0.4, 0.5) is 5.69 Å². The molecule has 1 aromatic carbocycles. The summed E-state index contributed by atoms with van der Waals surface area (Å²) in [7, 11) is 0. The number of rotatable bonds is 2. The number of nitrogens with one attached hydrogen (secondary N) is 1. The van der Waals surface area contributed by atoms with Crippen LogP contribution in [-0.4, -0.2) is 0 Å². The zero-order valence-corrected chi connectivity index (χ0v) is 9.69. The molecule has 0 aromatic heterocycles. The largest absolute Gasteiger partial charge is 0.359 e. The van der Waals surface area contributed by atoms with Crippen LogP contribution in [0.5, 0.6) is 0 Å². The van der Waals surface area contributed by atoms with Crippen molar-refractivity contribution in [1.82, 2.24) is 0 Å². The Balaban J connectivity index is 2.39. The number of anilines is 1. The van der Waals surface area contributed by atoms with Gasteiger partial charge in [-0.15, -0.1) is 0 Å². The third-order valence-corrected chi connectivity index (χ3v) is 3.06. The summed E-state index contributed by atoms with van der Waals surface area (Å²) in [5, 5.41) is 3.41. The highest BCUT2D eigenvalue weighted by Crippen LogP contribution is 2.30. The van der Waals surface area contributed by atoms with E-state index in [1.807, 2.05) is 0 Å². The summed E-state index contributed by atoms with van der Waals surface area (Å²) in [4.78, 5) is 0. The highest BCUT2D eigenvalue weighted by Gasteiger charge is 2.13. The van der Waals surface area contributed by atoms with E-state index in [2.05, 4.69) is 37.9 Å². The average molecular weight is 201 g/mol. The molecule has 1 aliphatic heterocycles. The van der Waals surface area contributed by atoms with E-state index in [1.165, 1.54) is 35.2 Å². The lowest BCUT2D eigenvalue weighted by atomic mass is 9.94. The van der Waals surface area contributed by atoms with Gasteiger partial charge in [-0.2, -0.15) is 0 Å². The third kappa shape index (κ3) is 2.06. The Bertz CT molecular complexity index is 391. The van der Waals surface area contributed by atoms with Crippen molar-refractivity contribution < 1.29 is 0 Å². The van der Waals surface area contributed by atoms with E-state index >= 15 is 0 Å². The zero-order valence-electron chi connectivity index (χ0n) is 9.69. The Morgan fingerprint density at radius 3 is 2.87 bits per heavy atom. The molecule has 1 aliphatic rings. The van der Waals surface area contributed by atoms with E-state index in [0.717, 1.165) is 18.5 Å². The zero-order chi connectivity index (χ0) is 10.8. The Hall–Kier alpha value is -1.24. The molecule has 0 saturated carbocycles. The lowest BCUT2D eigenvalue weighted by Crippen LogP contribution is -2.11. The maximum Gasteiger partial charge on any atom is 0.0419 e. The summed E-state index contributed by atoms with van der Waals surface area (Å²) < 4.78 is 0. The number of allylic oxidation sites excluding steroid dienone is 1. The van der Waals surface area contributed by atoms with Gasteiger partial charge in [-0.3, -0.25) is 0 Å². The van der Waals surface area contributed by atoms with Crippen molar-refractivity contribution in [3.05, 3.63) is 41.1 Å². The van der Waals surface area contributed by atoms with Gasteiger partial charge < -0.3 is 5.32 Å². The van der Waals surface area contributed by atoms with Crippen molar-refractivity contribution >= 4 is 5.69 Å². The van der Waals surface area contributed by atoms with Gasteiger partial charge in [0, 0.05) is 11.4 Å². The topological polar surface area (TPSA) is 12.0 Å². The lowest BCUT2D eigenvalue weighted by molar-refractivity contribution is 0.888. The van der Waals surface area contributed by atoms with E-state index in [-0.39, 0.29) is 0 Å². The van der Waals surface area contributed by atoms with Gasteiger partial charge in [0.25, 0.3) is 0 Å². The molecule has 0 saturated heterocycles. The van der Waals surface area contributed by atoms with Gasteiger partial charge in [-0.05, 0) is 48.9 Å². The molecule has 0 aliphatic carbocycles. The quantitative estimate of drug-likeness (QED) is 0.767. The SMILES string of the molecule is C=C1CCc2c(C)cc(CCC)cc2N1. The summed E-state index contributed by atoms with van der Waals surface area (Å²) >= 11 is 0. The van der Waals surface area contributed by atoms with Crippen LogP contribution in [0.1, 0.15) is 36.5 Å². The molecular weight excluding hydrogens is 182 g/mol. The second-order valence-corrected chi connectivity index (χ2v) is 4.42. The summed E-state index contributed by atoms with van der Waals surface area (Å²) in [6.07, 6.45) is 4.59. The van der Waals surface area contributed by atoms with Crippen molar-refractivity contribution in [2.45, 2.75) is 39.5 Å². The van der Waals surface area contributed by atoms with Gasteiger partial charge in [0.05, 0.1) is 0 Å². The van der Waals surface area contributed by atoms with Crippen molar-refractivity contribution in [2.24, 2.45) is 0 Å². The summed E-state index contributed by atoms with van der Waals surface area (Å²) in [5.41, 5.74) is 6.78. The van der Waals surface area contributed by atoms with Crippen LogP contribution < -0.4 is 5.32 Å². The molecule has 0 amide bonds. The Morgan fingerprint density at radius 2 is 2.13 bits per heavy atom. The molecule has 0 bridgehead atoms. The molecule has 2 rings (SSSR count). The van der Waals surface area contributed by atoms with Crippen molar-refractivity contribution in [3.8, 4) is 0 Å². The predicted octanol–water partition coefficient (Wildman–Crippen LogP) is 3.82. The number of hydrogen-bond acceptors (Lipinski definition) is 1. The van der Waals surface area contributed by atoms with Crippen LogP contribution in [0, 0.1) is 6.92 Å². The van der Waals surface area contributed by atoms with Gasteiger partial charge in [-0.25, -0.2) is 0 Å². The molecule has 0 fully saturated rings. The van der Waals surface area contributed by atoms with E-state index in [1.54, 1.807) is 0 Å². The number of benzene rings is 1. The minimum atomic E-state index is 1.07. The van der Waals surface area contributed by atoms with Gasteiger partial charge in [0.1, 0.15) is 0 Å². The molecule has 0 spiro atoms. The first-order valence-corrected chi connectivity index (χ1v) is 5.78. The number of aryl methyl sites for hydroxylation is 2. The van der Waals surface area contributed by atoms with Crippen molar-refractivity contribution in [3.63, 3.8) is 0 Å². The van der Waals surface area contributed by atoms with Crippen LogP contribution in [0.15, 0.2) is 24.4 Å². The highest BCUT2D eigenvalue weighted by molar-refractivity contribution is 5.61. The molecule has 1 aromatic rings. The summed E-state index contributed by atoms with van der Waals surface area (Å²) in [6.45, 7) is 8.45. The van der Waals surface area contributed by atoms with Gasteiger partial charge >= 0.3 is 0 Å². The number of fused-ring (bicyclic) bond motifs is 1. The fourth-order valence-electron chi connectivity index (χ4n) is 2.30. The van der Waals surface area contributed by atoms with Crippen molar-refractivity contribution in [1.29, 1.82) is 0 Å². The minimum Gasteiger partial charge on any atom is -0.359 e. The molecule has 1 heteroatoms. The van der Waals surface area contributed by atoms with E-state index in [4.69, 9.17) is 0 Å². The second-order valence-electron chi connectivity index (χ2n) is 4.42. The van der Waals surface area contributed by atoms with Crippen LogP contribution >= 0.6 is 0 Å². The highest BCUT2D eigenvalue weighted by atomic mass is 14.9. The molecule has 80 valence electrons. The van der Waals surface area contributed by atoms with Crippen LogP contribution in [0.3, 0.4) is 0 Å². The van der Waals surface area contributed by atoms with Gasteiger partial charge in [0.2, 0.25) is 0 Å². The maximum atomic E-state index is 4.01. The van der Waals surface area contributed by atoms with Crippen molar-refractivity contribution in [2.75, 3.05) is 5.32 Å². The van der Waals surface area contributed by atoms with E-state index in [0.29, 0.717) is 0 Å². The number of hydrogen-bond donors (Lipinski definition) is 1. The fourth-order valence-corrected chi connectivity index (χ4v) is 2.30. The Morgan fingerprint density at radius 1 is 1.33 bits per heavy atom. The molecule has 0 radical (unpaired) electrons. The molecule has 0 atom stereocenters. The van der Waals surface area contributed by atoms with Gasteiger partial charge in [-0.1, -0.05) is 26.0 Å². The lowest BCUT2D eigenvalue weighted by Gasteiger charge is -2.23. The minimum absolute atomic E-state index is 1.07. The molecule has 1 nitrogen and oxygen atoms in total. The van der Waals surface area contributed by atoms with E-state index in [9.17, 15) is 0 Å². The molecule has 1 N–H and O–H groups in total. The molecular formula is C14H19N. The second kappa shape index (κ2) is 4.09. The first kappa shape index (κ1) is 10.3. The monoisotopic (exact) mass is 201 g/mol. The smallest absolute Gasteiger partial charge is 0.0419 e. The fraction of sp³-hybridized carbons (Fsp3) is 0.429. The maximum absolute atomic E-state index is 4.01. The Labute approximate surface area is 92.2 Å². The first-order chi connectivity index (χ1) is 7.20. The van der Waals surface area contributed by atoms with Crippen LogP contribution in [0.2, 0.25) is 0 Å². The first-order valence-electron chi connectivity index (χ1n) is 5.78. The molecule has 0 unspecified atom stereocenters. The van der Waals surface area contributed by atoms with E-state index < -0.39 is 0 Å². The Kier molecular flexibility index (Phi) is 2.81. The molecule has 1 heterocycles. The average Bonchev–Trinajstić information content (AvgIpc) is 2.17. The predicted molar refractivity (Wildman–Crippen MR) is 66.3 cm³/mol.